The van der Waals surface area contributed by atoms with Gasteiger partial charge in [0.15, 0.2) is 0 Å². The van der Waals surface area contributed by atoms with E-state index in [1.165, 1.54) is 18.5 Å². The Hall–Kier alpha value is -4.14. The highest BCUT2D eigenvalue weighted by molar-refractivity contribution is 5.94. The van der Waals surface area contributed by atoms with Gasteiger partial charge in [0.05, 0.1) is 23.1 Å². The molecule has 0 aliphatic carbocycles. The average Bonchev–Trinajstić information content (AvgIpc) is 2.83. The smallest absolute Gasteiger partial charge is 0.286 e. The van der Waals surface area contributed by atoms with Crippen LogP contribution in [0.25, 0.3) is 22.6 Å². The minimum absolute atomic E-state index is 0.257. The number of nitrogens with one attached hydrogen (secondary N) is 1. The van der Waals surface area contributed by atoms with E-state index in [9.17, 15) is 13.6 Å². The molecule has 4 aromatic heterocycles. The van der Waals surface area contributed by atoms with Gasteiger partial charge in [-0.05, 0) is 42.3 Å². The Labute approximate surface area is 189 Å². The van der Waals surface area contributed by atoms with Gasteiger partial charge in [-0.3, -0.25) is 29.7 Å². The van der Waals surface area contributed by atoms with Crippen LogP contribution in [-0.2, 0) is 12.5 Å². The van der Waals surface area contributed by atoms with E-state index in [0.717, 1.165) is 18.1 Å². The number of nitrogens with zero attached hydrogens (tertiary/aromatic N) is 5. The zero-order valence-electron chi connectivity index (χ0n) is 18.0. The van der Waals surface area contributed by atoms with Crippen molar-refractivity contribution >= 4 is 5.91 Å². The molecule has 0 aliphatic heterocycles. The maximum atomic E-state index is 13.6. The first kappa shape index (κ1) is 22.1. The first-order valence-corrected chi connectivity index (χ1v) is 10.1. The summed E-state index contributed by atoms with van der Waals surface area (Å²) in [6.07, 6.45) is 9.19. The standard InChI is InChI=1S/C24H20F2N6O/c1-15-9-16(11-31-22(15)17-5-6-29-21(10-17)24(2,25)26)12-32-23(33)18-3-4-19(30-13-18)20-14-27-7-8-28-20/h3-11,13-14H,12H2,1-2H3,(H,32,33). The van der Waals surface area contributed by atoms with Crippen molar-refractivity contribution in [3.05, 3.63) is 89.9 Å². The van der Waals surface area contributed by atoms with E-state index in [-0.39, 0.29) is 18.1 Å². The maximum Gasteiger partial charge on any atom is 0.286 e. The number of halogens is 2. The lowest BCUT2D eigenvalue weighted by atomic mass is 10.0. The van der Waals surface area contributed by atoms with Gasteiger partial charge in [-0.1, -0.05) is 6.07 Å². The summed E-state index contributed by atoms with van der Waals surface area (Å²) in [7, 11) is 0. The lowest BCUT2D eigenvalue weighted by Gasteiger charge is -2.12. The SMILES string of the molecule is Cc1cc(CNC(=O)c2ccc(-c3cnccn3)nc2)cnc1-c1ccnc(C(C)(F)F)c1. The number of pyridine rings is 3. The number of aryl methyl sites for hydroxylation is 1. The predicted molar refractivity (Wildman–Crippen MR) is 118 cm³/mol. The van der Waals surface area contributed by atoms with Crippen LogP contribution in [0.5, 0.6) is 0 Å². The van der Waals surface area contributed by atoms with Crippen LogP contribution in [0.2, 0.25) is 0 Å². The molecule has 0 atom stereocenters. The normalized spacial score (nSPS) is 11.3. The van der Waals surface area contributed by atoms with Crippen LogP contribution in [0, 0.1) is 6.92 Å². The zero-order valence-corrected chi connectivity index (χ0v) is 18.0. The highest BCUT2D eigenvalue weighted by Gasteiger charge is 2.26. The van der Waals surface area contributed by atoms with Crippen molar-refractivity contribution in [3.8, 4) is 22.6 Å². The van der Waals surface area contributed by atoms with Crippen molar-refractivity contribution in [1.29, 1.82) is 0 Å². The molecule has 0 saturated heterocycles. The molecule has 4 heterocycles. The molecule has 7 nitrogen and oxygen atoms in total. The summed E-state index contributed by atoms with van der Waals surface area (Å²) in [6.45, 7) is 2.91. The Bertz CT molecular complexity index is 1270. The van der Waals surface area contributed by atoms with Crippen molar-refractivity contribution in [2.75, 3.05) is 0 Å². The summed E-state index contributed by atoms with van der Waals surface area (Å²) in [6, 6.07) is 8.23. The number of aromatic nitrogens is 5. The summed E-state index contributed by atoms with van der Waals surface area (Å²) in [5, 5.41) is 2.83. The second-order valence-electron chi connectivity index (χ2n) is 7.53. The summed E-state index contributed by atoms with van der Waals surface area (Å²) in [4.78, 5) is 33.1. The fourth-order valence-electron chi connectivity index (χ4n) is 3.25. The van der Waals surface area contributed by atoms with Crippen LogP contribution < -0.4 is 5.32 Å². The van der Waals surface area contributed by atoms with Crippen LogP contribution in [0.4, 0.5) is 8.78 Å². The quantitative estimate of drug-likeness (QED) is 0.473. The van der Waals surface area contributed by atoms with Crippen LogP contribution >= 0.6 is 0 Å². The van der Waals surface area contributed by atoms with Crippen molar-refractivity contribution in [1.82, 2.24) is 30.2 Å². The molecule has 0 aromatic carbocycles. The Balaban J connectivity index is 1.43. The first-order chi connectivity index (χ1) is 15.8. The number of rotatable bonds is 6. The van der Waals surface area contributed by atoms with E-state index >= 15 is 0 Å². The molecule has 0 spiro atoms. The number of amides is 1. The van der Waals surface area contributed by atoms with E-state index in [2.05, 4.69) is 30.2 Å². The lowest BCUT2D eigenvalue weighted by Crippen LogP contribution is -2.23. The largest absolute Gasteiger partial charge is 0.348 e. The Morgan fingerprint density at radius 3 is 2.45 bits per heavy atom. The van der Waals surface area contributed by atoms with Crippen molar-refractivity contribution in [3.63, 3.8) is 0 Å². The van der Waals surface area contributed by atoms with Crippen molar-refractivity contribution in [2.45, 2.75) is 26.3 Å². The van der Waals surface area contributed by atoms with E-state index in [1.54, 1.807) is 43.0 Å². The molecule has 9 heteroatoms. The minimum Gasteiger partial charge on any atom is -0.348 e. The molecule has 4 aromatic rings. The minimum atomic E-state index is -3.03. The van der Waals surface area contributed by atoms with E-state index in [0.29, 0.717) is 28.2 Å². The van der Waals surface area contributed by atoms with E-state index in [4.69, 9.17) is 0 Å². The Kier molecular flexibility index (Phi) is 6.12. The third-order valence-corrected chi connectivity index (χ3v) is 4.92. The van der Waals surface area contributed by atoms with Crippen molar-refractivity contribution < 1.29 is 13.6 Å². The molecule has 4 rings (SSSR count). The molecule has 0 aliphatic rings. The second-order valence-corrected chi connectivity index (χ2v) is 7.53. The van der Waals surface area contributed by atoms with Gasteiger partial charge in [0.2, 0.25) is 0 Å². The molecular formula is C24H20F2N6O. The monoisotopic (exact) mass is 446 g/mol. The molecule has 33 heavy (non-hydrogen) atoms. The highest BCUT2D eigenvalue weighted by atomic mass is 19.3. The van der Waals surface area contributed by atoms with E-state index < -0.39 is 5.92 Å². The number of carbonyl (C=O) groups excluding carboxylic acids is 1. The number of hydrogen-bond donors (Lipinski definition) is 1. The molecule has 1 N–H and O–H groups in total. The lowest BCUT2D eigenvalue weighted by molar-refractivity contribution is 0.0128. The molecular weight excluding hydrogens is 426 g/mol. The van der Waals surface area contributed by atoms with Crippen LogP contribution in [0.1, 0.15) is 34.1 Å². The van der Waals surface area contributed by atoms with Crippen LogP contribution in [-0.4, -0.2) is 30.8 Å². The van der Waals surface area contributed by atoms with Crippen LogP contribution in [0.3, 0.4) is 0 Å². The molecule has 0 bridgehead atoms. The number of hydrogen-bond acceptors (Lipinski definition) is 6. The molecule has 0 unspecified atom stereocenters. The second kappa shape index (κ2) is 9.15. The highest BCUT2D eigenvalue weighted by Crippen LogP contribution is 2.29. The maximum absolute atomic E-state index is 13.6. The fourth-order valence-corrected chi connectivity index (χ4v) is 3.25. The van der Waals surface area contributed by atoms with Crippen LogP contribution in [0.15, 0.2) is 67.5 Å². The summed E-state index contributed by atoms with van der Waals surface area (Å²) >= 11 is 0. The van der Waals surface area contributed by atoms with Gasteiger partial charge >= 0.3 is 0 Å². The third kappa shape index (κ3) is 5.20. The predicted octanol–water partition coefficient (Wildman–Crippen LogP) is 4.35. The van der Waals surface area contributed by atoms with Gasteiger partial charge in [-0.2, -0.15) is 8.78 Å². The number of carbonyl (C=O) groups is 1. The Morgan fingerprint density at radius 1 is 0.939 bits per heavy atom. The fraction of sp³-hybridized carbons (Fsp3) is 0.167. The topological polar surface area (TPSA) is 93.6 Å². The third-order valence-electron chi connectivity index (χ3n) is 4.92. The van der Waals surface area contributed by atoms with Gasteiger partial charge in [0.1, 0.15) is 11.4 Å². The zero-order chi connectivity index (χ0) is 23.4. The van der Waals surface area contributed by atoms with Gasteiger partial charge in [0.25, 0.3) is 11.8 Å². The molecule has 0 saturated carbocycles. The average molecular weight is 446 g/mol. The molecule has 0 fully saturated rings. The molecule has 1 amide bonds. The van der Waals surface area contributed by atoms with E-state index in [1.807, 2.05) is 13.0 Å². The summed E-state index contributed by atoms with van der Waals surface area (Å²) < 4.78 is 27.2. The Morgan fingerprint density at radius 2 is 1.79 bits per heavy atom. The first-order valence-electron chi connectivity index (χ1n) is 10.1. The van der Waals surface area contributed by atoms with Gasteiger partial charge in [-0.15, -0.1) is 0 Å². The molecule has 0 radical (unpaired) electrons. The van der Waals surface area contributed by atoms with Crippen molar-refractivity contribution in [2.24, 2.45) is 0 Å². The number of alkyl halides is 2. The summed E-state index contributed by atoms with van der Waals surface area (Å²) in [5.74, 6) is -3.31. The van der Waals surface area contributed by atoms with Gasteiger partial charge < -0.3 is 5.32 Å². The van der Waals surface area contributed by atoms with Gasteiger partial charge in [0, 0.05) is 50.0 Å². The van der Waals surface area contributed by atoms with Gasteiger partial charge in [-0.25, -0.2) is 0 Å². The summed E-state index contributed by atoms with van der Waals surface area (Å²) in [5.41, 5.74) is 4.07. The molecule has 166 valence electrons.